The van der Waals surface area contributed by atoms with Crippen LogP contribution in [0.1, 0.15) is 12.8 Å². The minimum absolute atomic E-state index is 0.0929. The number of halogens is 9. The number of carbonyl (C=O) groups is 1. The molecule has 1 saturated heterocycles. The molecule has 1 aliphatic heterocycles. The van der Waals surface area contributed by atoms with Gasteiger partial charge in [0.2, 0.25) is 0 Å². The number of alkyl halides is 9. The molecule has 0 atom stereocenters. The van der Waals surface area contributed by atoms with Crippen molar-refractivity contribution in [2.75, 3.05) is 13.1 Å². The summed E-state index contributed by atoms with van der Waals surface area (Å²) in [6.45, 7) is -0.239. The standard InChI is InChI=1S/C17H14F9NO4/c18-15(19,20)12(16(21,22)23)30-13(28)27-7-14(8-27)5-11(6-14)29-9-2-1-3-10(4-9)31-17(24,25)26/h1-4,11-12H,5-8H2. The number of ether oxygens (including phenoxy) is 3. The Kier molecular flexibility index (Phi) is 5.63. The first-order valence-electron chi connectivity index (χ1n) is 8.68. The molecule has 1 aliphatic carbocycles. The summed E-state index contributed by atoms with van der Waals surface area (Å²) in [6.07, 6.45) is -22.2. The van der Waals surface area contributed by atoms with Crippen molar-refractivity contribution in [2.24, 2.45) is 5.41 Å². The Morgan fingerprint density at radius 1 is 0.968 bits per heavy atom. The molecule has 1 amide bonds. The topological polar surface area (TPSA) is 48.0 Å². The van der Waals surface area contributed by atoms with Gasteiger partial charge in [-0.1, -0.05) is 6.07 Å². The highest BCUT2D eigenvalue weighted by Gasteiger charge is 2.61. The van der Waals surface area contributed by atoms with Crippen LogP contribution in [0.5, 0.6) is 11.5 Å². The number of hydrogen-bond acceptors (Lipinski definition) is 4. The molecule has 3 rings (SSSR count). The highest BCUT2D eigenvalue weighted by Crippen LogP contribution is 2.50. The van der Waals surface area contributed by atoms with E-state index in [0.717, 1.165) is 17.0 Å². The number of likely N-dealkylation sites (tertiary alicyclic amines) is 1. The highest BCUT2D eigenvalue weighted by molar-refractivity contribution is 5.69. The van der Waals surface area contributed by atoms with Gasteiger partial charge in [-0.05, 0) is 25.0 Å². The van der Waals surface area contributed by atoms with Crippen molar-refractivity contribution in [3.05, 3.63) is 24.3 Å². The Labute approximate surface area is 168 Å². The molecule has 2 aliphatic rings. The third kappa shape index (κ3) is 5.58. The third-order valence-electron chi connectivity index (χ3n) is 4.79. The molecule has 2 fully saturated rings. The second-order valence-corrected chi connectivity index (χ2v) is 7.37. The largest absolute Gasteiger partial charge is 0.573 e. The minimum atomic E-state index is -5.80. The fourth-order valence-corrected chi connectivity index (χ4v) is 3.57. The van der Waals surface area contributed by atoms with Gasteiger partial charge in [-0.2, -0.15) is 26.3 Å². The second kappa shape index (κ2) is 7.55. The van der Waals surface area contributed by atoms with Gasteiger partial charge in [0.05, 0.1) is 0 Å². The molecular formula is C17H14F9NO4. The van der Waals surface area contributed by atoms with Crippen LogP contribution in [0, 0.1) is 5.41 Å². The summed E-state index contributed by atoms with van der Waals surface area (Å²) in [4.78, 5) is 12.4. The van der Waals surface area contributed by atoms with E-state index in [-0.39, 0.29) is 18.8 Å². The zero-order chi connectivity index (χ0) is 23.2. The minimum Gasteiger partial charge on any atom is -0.490 e. The van der Waals surface area contributed by atoms with Crippen LogP contribution >= 0.6 is 0 Å². The van der Waals surface area contributed by atoms with Gasteiger partial charge in [-0.25, -0.2) is 4.79 Å². The maximum Gasteiger partial charge on any atom is 0.573 e. The maximum absolute atomic E-state index is 12.5. The summed E-state index contributed by atoms with van der Waals surface area (Å²) in [5.74, 6) is -0.393. The number of rotatable bonds is 4. The van der Waals surface area contributed by atoms with E-state index < -0.39 is 48.2 Å². The zero-order valence-corrected chi connectivity index (χ0v) is 15.3. The molecule has 0 aromatic heterocycles. The summed E-state index contributed by atoms with van der Waals surface area (Å²) in [5, 5.41) is 0. The summed E-state index contributed by atoms with van der Waals surface area (Å²) >= 11 is 0. The summed E-state index contributed by atoms with van der Waals surface area (Å²) in [6, 6.07) is 4.78. The summed E-state index contributed by atoms with van der Waals surface area (Å²) in [5.41, 5.74) is -0.546. The van der Waals surface area contributed by atoms with E-state index in [0.29, 0.717) is 12.8 Å². The van der Waals surface area contributed by atoms with Crippen LogP contribution in [0.25, 0.3) is 0 Å². The average Bonchev–Trinajstić information content (AvgIpc) is 2.49. The zero-order valence-electron chi connectivity index (χ0n) is 15.3. The SMILES string of the molecule is O=C(OC(C(F)(F)F)C(F)(F)F)N1CC2(CC(Oc3cccc(OC(F)(F)F)c3)C2)C1. The quantitative estimate of drug-likeness (QED) is 0.582. The van der Waals surface area contributed by atoms with Gasteiger partial charge in [0, 0.05) is 24.6 Å². The van der Waals surface area contributed by atoms with E-state index in [1.54, 1.807) is 0 Å². The second-order valence-electron chi connectivity index (χ2n) is 7.37. The maximum atomic E-state index is 12.5. The van der Waals surface area contributed by atoms with E-state index in [2.05, 4.69) is 9.47 Å². The van der Waals surface area contributed by atoms with Crippen LogP contribution in [0.15, 0.2) is 24.3 Å². The molecular weight excluding hydrogens is 453 g/mol. The molecule has 1 heterocycles. The number of hydrogen-bond donors (Lipinski definition) is 0. The lowest BCUT2D eigenvalue weighted by molar-refractivity contribution is -0.309. The van der Waals surface area contributed by atoms with Crippen LogP contribution in [-0.4, -0.2) is 55.0 Å². The van der Waals surface area contributed by atoms with Gasteiger partial charge in [0.15, 0.2) is 0 Å². The molecule has 1 saturated carbocycles. The number of nitrogens with zero attached hydrogens (tertiary/aromatic N) is 1. The van der Waals surface area contributed by atoms with Gasteiger partial charge in [0.1, 0.15) is 17.6 Å². The normalized spacial score (nSPS) is 19.1. The number of amides is 1. The Balaban J connectivity index is 1.48. The van der Waals surface area contributed by atoms with Crippen molar-refractivity contribution in [1.82, 2.24) is 4.90 Å². The Bertz CT molecular complexity index is 793. The Morgan fingerprint density at radius 3 is 2.03 bits per heavy atom. The van der Waals surface area contributed by atoms with Crippen molar-refractivity contribution in [3.8, 4) is 11.5 Å². The number of carbonyl (C=O) groups excluding carboxylic acids is 1. The van der Waals surface area contributed by atoms with Gasteiger partial charge in [-0.15, -0.1) is 13.2 Å². The van der Waals surface area contributed by atoms with Crippen molar-refractivity contribution in [3.63, 3.8) is 0 Å². The number of benzene rings is 1. The van der Waals surface area contributed by atoms with Gasteiger partial charge in [0.25, 0.3) is 6.10 Å². The van der Waals surface area contributed by atoms with Gasteiger partial charge in [-0.3, -0.25) is 0 Å². The van der Waals surface area contributed by atoms with Crippen LogP contribution in [0.4, 0.5) is 44.3 Å². The molecule has 174 valence electrons. The molecule has 1 aromatic carbocycles. The molecule has 1 spiro atoms. The van der Waals surface area contributed by atoms with E-state index >= 15 is 0 Å². The Hall–Kier alpha value is -2.54. The van der Waals surface area contributed by atoms with Crippen molar-refractivity contribution in [2.45, 2.75) is 43.8 Å². The predicted molar refractivity (Wildman–Crippen MR) is 83.2 cm³/mol. The third-order valence-corrected chi connectivity index (χ3v) is 4.79. The van der Waals surface area contributed by atoms with Crippen LogP contribution in [0.2, 0.25) is 0 Å². The first-order chi connectivity index (χ1) is 14.1. The van der Waals surface area contributed by atoms with Crippen molar-refractivity contribution in [1.29, 1.82) is 0 Å². The summed E-state index contributed by atoms with van der Waals surface area (Å²) < 4.78 is 124. The summed E-state index contributed by atoms with van der Waals surface area (Å²) in [7, 11) is 0. The van der Waals surface area contributed by atoms with Gasteiger partial charge >= 0.3 is 24.8 Å². The van der Waals surface area contributed by atoms with Crippen LogP contribution in [0.3, 0.4) is 0 Å². The molecule has 31 heavy (non-hydrogen) atoms. The first-order valence-corrected chi connectivity index (χ1v) is 8.68. The van der Waals surface area contributed by atoms with E-state index in [1.807, 2.05) is 0 Å². The first kappa shape index (κ1) is 23.1. The lowest BCUT2D eigenvalue weighted by atomic mass is 9.62. The smallest absolute Gasteiger partial charge is 0.490 e. The monoisotopic (exact) mass is 467 g/mol. The average molecular weight is 467 g/mol. The van der Waals surface area contributed by atoms with Gasteiger partial charge < -0.3 is 19.1 Å². The van der Waals surface area contributed by atoms with Crippen LogP contribution in [-0.2, 0) is 4.74 Å². The molecule has 5 nitrogen and oxygen atoms in total. The molecule has 0 unspecified atom stereocenters. The molecule has 1 aromatic rings. The molecule has 0 N–H and O–H groups in total. The lowest BCUT2D eigenvalue weighted by Crippen LogP contribution is -2.66. The van der Waals surface area contributed by atoms with Crippen LogP contribution < -0.4 is 9.47 Å². The van der Waals surface area contributed by atoms with E-state index in [4.69, 9.17) is 4.74 Å². The predicted octanol–water partition coefficient (Wildman–Crippen LogP) is 5.06. The fraction of sp³-hybridized carbons (Fsp3) is 0.588. The van der Waals surface area contributed by atoms with E-state index in [1.165, 1.54) is 12.1 Å². The Morgan fingerprint density at radius 2 is 1.52 bits per heavy atom. The highest BCUT2D eigenvalue weighted by atomic mass is 19.4. The molecule has 14 heteroatoms. The molecule has 0 radical (unpaired) electrons. The fourth-order valence-electron chi connectivity index (χ4n) is 3.57. The van der Waals surface area contributed by atoms with E-state index in [9.17, 15) is 44.3 Å². The van der Waals surface area contributed by atoms with Crippen molar-refractivity contribution < 1.29 is 58.5 Å². The lowest BCUT2D eigenvalue weighted by Gasteiger charge is -2.57. The molecule has 0 bridgehead atoms. The van der Waals surface area contributed by atoms with Crippen molar-refractivity contribution >= 4 is 6.09 Å².